The molecule has 4 saturated carbocycles. The zero-order valence-electron chi connectivity index (χ0n) is 33.8. The minimum atomic E-state index is -0.0189. The molecule has 4 aliphatic carbocycles. The molecule has 6 heteroatoms. The van der Waals surface area contributed by atoms with E-state index in [1.807, 2.05) is 6.07 Å². The Morgan fingerprint density at radius 1 is 0.650 bits per heavy atom. The number of rotatable bonds is 7. The van der Waals surface area contributed by atoms with Gasteiger partial charge in [0.15, 0.2) is 0 Å². The van der Waals surface area contributed by atoms with Crippen LogP contribution in [-0.4, -0.2) is 16.6 Å². The summed E-state index contributed by atoms with van der Waals surface area (Å²) in [6.45, 7) is 4.31. The van der Waals surface area contributed by atoms with Gasteiger partial charge in [-0.15, -0.1) is 47.0 Å². The summed E-state index contributed by atoms with van der Waals surface area (Å²) < 4.78 is 9.13. The summed E-state index contributed by atoms with van der Waals surface area (Å²) in [5, 5.41) is 2.30. The van der Waals surface area contributed by atoms with Gasteiger partial charge in [0.25, 0.3) is 0 Å². The Kier molecular flexibility index (Phi) is 9.04. The van der Waals surface area contributed by atoms with Gasteiger partial charge in [0, 0.05) is 61.1 Å². The molecule has 300 valence electrons. The van der Waals surface area contributed by atoms with Crippen LogP contribution in [0.4, 0.5) is 17.1 Å². The van der Waals surface area contributed by atoms with Crippen molar-refractivity contribution < 1.29 is 25.8 Å². The number of hydrogen-bond donors (Lipinski definition) is 0. The van der Waals surface area contributed by atoms with E-state index in [-0.39, 0.29) is 26.5 Å². The van der Waals surface area contributed by atoms with Crippen LogP contribution in [0, 0.1) is 49.4 Å². The molecule has 8 aromatic rings. The predicted molar refractivity (Wildman–Crippen MR) is 238 cm³/mol. The number of aromatic nitrogens is 2. The SMILES string of the molecule is Cc1ccc(C2(c3ccnc(-n4c5[c-]c(Oc6[c-]c(N7[CH-]N(C)c8ccccc87)cc(-c7ccccc7)c6)ccc5c5ccccc54)c3)C3CC4CC(C3)CC2C4)cc1.[Pt]. The van der Waals surface area contributed by atoms with E-state index in [0.29, 0.717) is 23.3 Å². The third-order valence-electron chi connectivity index (χ3n) is 14.2. The van der Waals surface area contributed by atoms with Crippen molar-refractivity contribution in [2.45, 2.75) is 44.4 Å². The van der Waals surface area contributed by atoms with Crippen LogP contribution >= 0.6 is 0 Å². The van der Waals surface area contributed by atoms with Crippen LogP contribution in [0.15, 0.2) is 146 Å². The third-order valence-corrected chi connectivity index (χ3v) is 14.2. The fourth-order valence-corrected chi connectivity index (χ4v) is 11.9. The summed E-state index contributed by atoms with van der Waals surface area (Å²) in [7, 11) is 2.08. The van der Waals surface area contributed by atoms with E-state index in [9.17, 15) is 0 Å². The van der Waals surface area contributed by atoms with Gasteiger partial charge in [-0.1, -0.05) is 96.0 Å². The smallest absolute Gasteiger partial charge is 0.135 e. The molecule has 0 radical (unpaired) electrons. The number of pyridine rings is 1. The maximum absolute atomic E-state index is 6.82. The quantitative estimate of drug-likeness (QED) is 0.149. The van der Waals surface area contributed by atoms with Crippen molar-refractivity contribution in [2.75, 3.05) is 16.8 Å². The summed E-state index contributed by atoms with van der Waals surface area (Å²) in [6.07, 6.45) is 8.79. The molecule has 4 bridgehead atoms. The Balaban J connectivity index is 0.00000408. The second-order valence-corrected chi connectivity index (χ2v) is 17.6. The van der Waals surface area contributed by atoms with Gasteiger partial charge in [0.2, 0.25) is 0 Å². The summed E-state index contributed by atoms with van der Waals surface area (Å²) in [4.78, 5) is 9.49. The van der Waals surface area contributed by atoms with Gasteiger partial charge in [0.05, 0.1) is 0 Å². The summed E-state index contributed by atoms with van der Waals surface area (Å²) in [5.74, 6) is 5.20. The number of aryl methyl sites for hydroxylation is 1. The largest absolute Gasteiger partial charge is 0.509 e. The molecule has 3 heterocycles. The first-order chi connectivity index (χ1) is 29.0. The third kappa shape index (κ3) is 5.87. The maximum Gasteiger partial charge on any atom is 0.135 e. The van der Waals surface area contributed by atoms with E-state index >= 15 is 0 Å². The number of nitrogens with zero attached hydrogens (tertiary/aromatic N) is 4. The number of benzene rings is 6. The summed E-state index contributed by atoms with van der Waals surface area (Å²) in [5.41, 5.74) is 11.6. The Hall–Kier alpha value is -5.64. The normalized spacial score (nSPS) is 22.6. The number of hydrogen-bond acceptors (Lipinski definition) is 4. The zero-order valence-corrected chi connectivity index (χ0v) is 36.1. The molecule has 4 fully saturated rings. The fraction of sp³-hybridized carbons (Fsp3) is 0.222. The Morgan fingerprint density at radius 3 is 2.15 bits per heavy atom. The first kappa shape index (κ1) is 37.4. The molecule has 6 aromatic carbocycles. The van der Waals surface area contributed by atoms with Gasteiger partial charge >= 0.3 is 0 Å². The van der Waals surface area contributed by atoms with Crippen LogP contribution in [0.2, 0.25) is 0 Å². The number of ether oxygens (including phenoxy) is 1. The van der Waals surface area contributed by atoms with Crippen molar-refractivity contribution >= 4 is 38.9 Å². The molecule has 0 amide bonds. The Morgan fingerprint density at radius 2 is 1.37 bits per heavy atom. The van der Waals surface area contributed by atoms with Crippen LogP contribution < -0.4 is 14.5 Å². The summed E-state index contributed by atoms with van der Waals surface area (Å²) >= 11 is 0. The van der Waals surface area contributed by atoms with E-state index in [1.165, 1.54) is 54.2 Å². The number of para-hydroxylation sites is 3. The van der Waals surface area contributed by atoms with E-state index in [1.54, 1.807) is 0 Å². The average Bonchev–Trinajstić information content (AvgIpc) is 3.78. The van der Waals surface area contributed by atoms with Crippen molar-refractivity contribution in [3.63, 3.8) is 0 Å². The fourth-order valence-electron chi connectivity index (χ4n) is 11.9. The molecular formula is C54H45N4OPt-3. The Labute approximate surface area is 366 Å². The Bertz CT molecular complexity index is 2870. The maximum atomic E-state index is 6.82. The second-order valence-electron chi connectivity index (χ2n) is 17.6. The van der Waals surface area contributed by atoms with Crippen LogP contribution in [-0.2, 0) is 26.5 Å². The van der Waals surface area contributed by atoms with Gasteiger partial charge in [-0.3, -0.25) is 0 Å². The first-order valence-corrected chi connectivity index (χ1v) is 21.3. The zero-order chi connectivity index (χ0) is 39.2. The first-order valence-electron chi connectivity index (χ1n) is 21.3. The van der Waals surface area contributed by atoms with Crippen molar-refractivity contribution in [2.24, 2.45) is 23.7 Å². The van der Waals surface area contributed by atoms with Crippen molar-refractivity contribution in [3.8, 4) is 28.4 Å². The van der Waals surface area contributed by atoms with Crippen LogP contribution in [0.5, 0.6) is 11.5 Å². The molecule has 0 atom stereocenters. The standard InChI is InChI=1S/C54H45N4O.Pt/c1-35-16-18-40(19-17-35)54(42-25-36-24-37(27-42)28-43(54)26-36)41-22-23-55-53(31-41)58-49-13-7-6-12-47(49)48-21-20-45(33-52(48)58)59-46-30-39(38-10-4-3-5-11-38)29-44(32-46)57-34-56(2)50-14-8-9-15-51(50)57;/h3-23,29-31,34,36-37,42-43H,24-28H2,1-2H3;/q-3;. The van der Waals surface area contributed by atoms with Crippen LogP contribution in [0.3, 0.4) is 0 Å². The minimum absolute atomic E-state index is 0. The van der Waals surface area contributed by atoms with E-state index in [0.717, 1.165) is 62.3 Å². The van der Waals surface area contributed by atoms with E-state index in [4.69, 9.17) is 9.72 Å². The van der Waals surface area contributed by atoms with Gasteiger partial charge in [-0.2, -0.15) is 12.7 Å². The van der Waals surface area contributed by atoms with Crippen LogP contribution in [0.1, 0.15) is 48.8 Å². The van der Waals surface area contributed by atoms with Gasteiger partial charge in [-0.25, -0.2) is 4.98 Å². The number of fused-ring (bicyclic) bond motifs is 4. The molecule has 0 spiro atoms. The monoisotopic (exact) mass is 960 g/mol. The molecule has 0 N–H and O–H groups in total. The average molecular weight is 961 g/mol. The van der Waals surface area contributed by atoms with Crippen molar-refractivity contribution in [3.05, 3.63) is 181 Å². The molecule has 1 aliphatic heterocycles. The van der Waals surface area contributed by atoms with Gasteiger partial charge in [-0.05, 0) is 122 Å². The van der Waals surface area contributed by atoms with Crippen LogP contribution in [0.25, 0.3) is 38.8 Å². The van der Waals surface area contributed by atoms with Gasteiger partial charge in [0.1, 0.15) is 5.82 Å². The van der Waals surface area contributed by atoms with E-state index < -0.39 is 0 Å². The molecule has 2 aromatic heterocycles. The summed E-state index contributed by atoms with van der Waals surface area (Å²) in [6, 6.07) is 57.7. The van der Waals surface area contributed by atoms with Crippen molar-refractivity contribution in [1.82, 2.24) is 9.55 Å². The second kappa shape index (κ2) is 14.5. The molecule has 60 heavy (non-hydrogen) atoms. The minimum Gasteiger partial charge on any atom is -0.509 e. The number of anilines is 3. The molecule has 0 saturated heterocycles. The predicted octanol–water partition coefficient (Wildman–Crippen LogP) is 13.0. The van der Waals surface area contributed by atoms with Crippen molar-refractivity contribution in [1.29, 1.82) is 0 Å². The van der Waals surface area contributed by atoms with Gasteiger partial charge < -0.3 is 19.1 Å². The molecule has 5 nitrogen and oxygen atoms in total. The molecule has 0 unspecified atom stereocenters. The topological polar surface area (TPSA) is 33.5 Å². The molecular weight excluding hydrogens is 916 g/mol. The molecule has 13 rings (SSSR count). The molecule has 5 aliphatic rings. The van der Waals surface area contributed by atoms with E-state index in [2.05, 4.69) is 187 Å².